The van der Waals surface area contributed by atoms with Crippen molar-refractivity contribution in [3.63, 3.8) is 0 Å². The zero-order chi connectivity index (χ0) is 18.7. The molecule has 0 bridgehead atoms. The van der Waals surface area contributed by atoms with Crippen molar-refractivity contribution in [2.45, 2.75) is 31.6 Å². The largest absolute Gasteiger partial charge is 0.329 e. The monoisotopic (exact) mass is 378 g/mol. The second-order valence-corrected chi connectivity index (χ2v) is 8.92. The molecule has 1 saturated heterocycles. The summed E-state index contributed by atoms with van der Waals surface area (Å²) in [6, 6.07) is 9.43. The maximum absolute atomic E-state index is 12.8. The molecule has 1 aliphatic rings. The average molecular weight is 378 g/mol. The van der Waals surface area contributed by atoms with E-state index in [0.717, 1.165) is 24.7 Å². The van der Waals surface area contributed by atoms with Crippen LogP contribution in [0.15, 0.2) is 34.9 Å². The minimum atomic E-state index is -3.27. The van der Waals surface area contributed by atoms with Crippen molar-refractivity contribution in [3.8, 4) is 0 Å². The van der Waals surface area contributed by atoms with E-state index in [0.29, 0.717) is 12.5 Å². The molecule has 2 aromatic rings. The third kappa shape index (κ3) is 4.60. The molecule has 0 radical (unpaired) electrons. The summed E-state index contributed by atoms with van der Waals surface area (Å²) < 4.78 is 27.6. The topological polar surface area (TPSA) is 105 Å². The summed E-state index contributed by atoms with van der Waals surface area (Å²) in [7, 11) is -3.27. The summed E-state index contributed by atoms with van der Waals surface area (Å²) in [5.41, 5.74) is 1.08. The van der Waals surface area contributed by atoms with Gasteiger partial charge in [0.25, 0.3) is 0 Å². The number of urea groups is 1. The first kappa shape index (κ1) is 18.4. The molecule has 1 aliphatic heterocycles. The zero-order valence-electron chi connectivity index (χ0n) is 14.8. The Bertz CT molecular complexity index is 866. The Labute approximate surface area is 152 Å². The number of likely N-dealkylation sites (tertiary alicyclic amines) is 1. The summed E-state index contributed by atoms with van der Waals surface area (Å²) in [5, 5.41) is 6.18. The van der Waals surface area contributed by atoms with Gasteiger partial charge < -0.3 is 9.42 Å². The van der Waals surface area contributed by atoms with Crippen LogP contribution >= 0.6 is 0 Å². The summed E-state index contributed by atoms with van der Waals surface area (Å²) in [4.78, 5) is 18.5. The van der Waals surface area contributed by atoms with E-state index in [9.17, 15) is 13.2 Å². The van der Waals surface area contributed by atoms with Gasteiger partial charge in [-0.1, -0.05) is 42.4 Å². The Balaban J connectivity index is 1.74. The predicted octanol–water partition coefficient (Wildman–Crippen LogP) is 2.62. The quantitative estimate of drug-likeness (QED) is 0.877. The van der Waals surface area contributed by atoms with Gasteiger partial charge in [-0.25, -0.2) is 13.2 Å². The molecule has 1 N–H and O–H groups in total. The number of nitrogens with one attached hydrogen (secondary N) is 1. The van der Waals surface area contributed by atoms with Gasteiger partial charge in [-0.2, -0.15) is 4.98 Å². The highest BCUT2D eigenvalue weighted by Gasteiger charge is 2.31. The number of amides is 2. The lowest BCUT2D eigenvalue weighted by Crippen LogP contribution is -2.43. The van der Waals surface area contributed by atoms with E-state index in [-0.39, 0.29) is 29.7 Å². The van der Waals surface area contributed by atoms with Crippen LogP contribution in [-0.4, -0.2) is 42.3 Å². The molecule has 1 aromatic heterocycles. The molecule has 2 unspecified atom stereocenters. The first-order chi connectivity index (χ1) is 12.3. The van der Waals surface area contributed by atoms with Gasteiger partial charge in [0.15, 0.2) is 15.7 Å². The van der Waals surface area contributed by atoms with Crippen LogP contribution in [0.5, 0.6) is 0 Å². The SMILES string of the molecule is CC1CCC(c2ccccc2)N(C(=O)Nc2nc(CS(C)(=O)=O)no2)C1. The number of benzene rings is 1. The molecular weight excluding hydrogens is 356 g/mol. The van der Waals surface area contributed by atoms with Crippen LogP contribution in [0.4, 0.5) is 10.8 Å². The average Bonchev–Trinajstić information content (AvgIpc) is 3.00. The van der Waals surface area contributed by atoms with E-state index in [1.807, 2.05) is 30.3 Å². The van der Waals surface area contributed by atoms with Gasteiger partial charge in [0.2, 0.25) is 0 Å². The van der Waals surface area contributed by atoms with Gasteiger partial charge in [0.1, 0.15) is 5.75 Å². The number of aromatic nitrogens is 2. The van der Waals surface area contributed by atoms with Crippen molar-refractivity contribution in [2.24, 2.45) is 5.92 Å². The minimum absolute atomic E-state index is 0.0224. The van der Waals surface area contributed by atoms with Crippen LogP contribution in [0.1, 0.15) is 37.2 Å². The summed E-state index contributed by atoms with van der Waals surface area (Å²) in [5.74, 6) is 0.0818. The van der Waals surface area contributed by atoms with Crippen molar-refractivity contribution in [1.29, 1.82) is 0 Å². The second-order valence-electron chi connectivity index (χ2n) is 6.78. The number of carbonyl (C=O) groups is 1. The van der Waals surface area contributed by atoms with Gasteiger partial charge in [-0.05, 0) is 24.3 Å². The minimum Gasteiger partial charge on any atom is -0.317 e. The second kappa shape index (κ2) is 7.45. The molecule has 2 atom stereocenters. The number of hydrogen-bond donors (Lipinski definition) is 1. The van der Waals surface area contributed by atoms with E-state index >= 15 is 0 Å². The lowest BCUT2D eigenvalue weighted by molar-refractivity contribution is 0.139. The Morgan fingerprint density at radius 2 is 2.04 bits per heavy atom. The highest BCUT2D eigenvalue weighted by molar-refractivity contribution is 7.89. The highest BCUT2D eigenvalue weighted by atomic mass is 32.2. The Hall–Kier alpha value is -2.42. The van der Waals surface area contributed by atoms with Crippen LogP contribution < -0.4 is 5.32 Å². The van der Waals surface area contributed by atoms with E-state index in [2.05, 4.69) is 22.4 Å². The van der Waals surface area contributed by atoms with E-state index in [1.54, 1.807) is 4.90 Å². The molecule has 1 aromatic carbocycles. The molecular formula is C17H22N4O4S. The molecule has 0 spiro atoms. The molecule has 0 aliphatic carbocycles. The summed E-state index contributed by atoms with van der Waals surface area (Å²) in [6.07, 6.45) is 3.01. The molecule has 0 saturated carbocycles. The van der Waals surface area contributed by atoms with E-state index in [1.165, 1.54) is 0 Å². The first-order valence-electron chi connectivity index (χ1n) is 8.44. The van der Waals surface area contributed by atoms with Crippen molar-refractivity contribution in [3.05, 3.63) is 41.7 Å². The van der Waals surface area contributed by atoms with Crippen LogP contribution in [0, 0.1) is 5.92 Å². The molecule has 140 valence electrons. The number of anilines is 1. The number of nitrogens with zero attached hydrogens (tertiary/aromatic N) is 3. The molecule has 2 heterocycles. The van der Waals surface area contributed by atoms with Crippen LogP contribution in [0.3, 0.4) is 0 Å². The van der Waals surface area contributed by atoms with Gasteiger partial charge in [-0.15, -0.1) is 0 Å². The molecule has 8 nitrogen and oxygen atoms in total. The van der Waals surface area contributed by atoms with Gasteiger partial charge >= 0.3 is 12.0 Å². The Morgan fingerprint density at radius 1 is 1.31 bits per heavy atom. The fourth-order valence-corrected chi connectivity index (χ4v) is 3.75. The Kier molecular flexibility index (Phi) is 5.26. The number of piperidine rings is 1. The predicted molar refractivity (Wildman–Crippen MR) is 96.2 cm³/mol. The van der Waals surface area contributed by atoms with E-state index < -0.39 is 9.84 Å². The number of carbonyl (C=O) groups excluding carboxylic acids is 1. The van der Waals surface area contributed by atoms with E-state index in [4.69, 9.17) is 4.52 Å². The third-order valence-corrected chi connectivity index (χ3v) is 5.12. The van der Waals surface area contributed by atoms with Gasteiger partial charge in [0, 0.05) is 12.8 Å². The molecule has 26 heavy (non-hydrogen) atoms. The molecule has 2 amide bonds. The summed E-state index contributed by atoms with van der Waals surface area (Å²) >= 11 is 0. The van der Waals surface area contributed by atoms with Crippen LogP contribution in [-0.2, 0) is 15.6 Å². The highest BCUT2D eigenvalue weighted by Crippen LogP contribution is 2.33. The normalized spacial score (nSPS) is 20.8. The van der Waals surface area contributed by atoms with Crippen molar-refractivity contribution < 1.29 is 17.7 Å². The molecule has 9 heteroatoms. The lowest BCUT2D eigenvalue weighted by Gasteiger charge is -2.38. The molecule has 1 fully saturated rings. The fourth-order valence-electron chi connectivity index (χ4n) is 3.16. The Morgan fingerprint density at radius 3 is 2.73 bits per heavy atom. The lowest BCUT2D eigenvalue weighted by atomic mass is 9.90. The smallest absolute Gasteiger partial charge is 0.317 e. The standard InChI is InChI=1S/C17H22N4O4S/c1-12-8-9-14(13-6-4-3-5-7-13)21(10-12)17(22)19-16-18-15(20-25-16)11-26(2,23)24/h3-7,12,14H,8-11H2,1-2H3,(H,18,19,20,22). The van der Waals surface area contributed by atoms with Crippen LogP contribution in [0.2, 0.25) is 0 Å². The fraction of sp³-hybridized carbons (Fsp3) is 0.471. The van der Waals surface area contributed by atoms with Crippen molar-refractivity contribution in [2.75, 3.05) is 18.1 Å². The van der Waals surface area contributed by atoms with Crippen LogP contribution in [0.25, 0.3) is 0 Å². The summed E-state index contributed by atoms with van der Waals surface area (Å²) in [6.45, 7) is 2.73. The maximum Gasteiger partial charge on any atom is 0.329 e. The third-order valence-electron chi connectivity index (χ3n) is 4.34. The maximum atomic E-state index is 12.8. The zero-order valence-corrected chi connectivity index (χ0v) is 15.6. The first-order valence-corrected chi connectivity index (χ1v) is 10.5. The number of rotatable bonds is 4. The molecule has 3 rings (SSSR count). The number of hydrogen-bond acceptors (Lipinski definition) is 6. The van der Waals surface area contributed by atoms with Gasteiger partial charge in [-0.3, -0.25) is 5.32 Å². The van der Waals surface area contributed by atoms with Crippen molar-refractivity contribution >= 4 is 21.9 Å². The van der Waals surface area contributed by atoms with Gasteiger partial charge in [0.05, 0.1) is 6.04 Å². The number of sulfone groups is 1. The van der Waals surface area contributed by atoms with Crippen molar-refractivity contribution in [1.82, 2.24) is 15.0 Å².